The number of methoxy groups -OCH3 is 1. The van der Waals surface area contributed by atoms with Gasteiger partial charge in [-0.3, -0.25) is 4.79 Å². The molecule has 2 aliphatic rings. The Morgan fingerprint density at radius 3 is 2.47 bits per heavy atom. The van der Waals surface area contributed by atoms with E-state index in [1.54, 1.807) is 7.11 Å². The highest BCUT2D eigenvalue weighted by Crippen LogP contribution is 2.43. The van der Waals surface area contributed by atoms with Crippen LogP contribution in [0.25, 0.3) is 0 Å². The zero-order chi connectivity index (χ0) is 26.3. The number of sulfonamides is 1. The average molecular weight is 515 g/mol. The maximum absolute atomic E-state index is 13.2. The van der Waals surface area contributed by atoms with E-state index in [2.05, 4.69) is 10.0 Å². The highest BCUT2D eigenvalue weighted by Gasteiger charge is 2.44. The number of carbonyl (C=O) groups is 2. The molecule has 0 aromatic heterocycles. The quantitative estimate of drug-likeness (QED) is 0.523. The van der Waals surface area contributed by atoms with Crippen molar-refractivity contribution in [3.63, 3.8) is 0 Å². The van der Waals surface area contributed by atoms with E-state index in [-0.39, 0.29) is 24.5 Å². The van der Waals surface area contributed by atoms with Crippen LogP contribution in [0.2, 0.25) is 0 Å². The van der Waals surface area contributed by atoms with Crippen LogP contribution in [0.4, 0.5) is 10.5 Å². The largest absolute Gasteiger partial charge is 0.496 e. The van der Waals surface area contributed by atoms with E-state index in [1.165, 1.54) is 0 Å². The van der Waals surface area contributed by atoms with Gasteiger partial charge in [-0.05, 0) is 73.4 Å². The summed E-state index contributed by atoms with van der Waals surface area (Å²) in [6.45, 7) is 4.46. The molecule has 4 N–H and O–H groups in total. The van der Waals surface area contributed by atoms with E-state index in [0.29, 0.717) is 37.9 Å². The minimum atomic E-state index is -3.37. The van der Waals surface area contributed by atoms with Gasteiger partial charge in [0.2, 0.25) is 15.9 Å². The lowest BCUT2D eigenvalue weighted by molar-refractivity contribution is -0.125. The smallest absolute Gasteiger partial charge is 0.322 e. The normalized spacial score (nSPS) is 22.1. The fourth-order valence-electron chi connectivity index (χ4n) is 5.43. The Hall–Kier alpha value is -3.11. The zero-order valence-corrected chi connectivity index (χ0v) is 22.0. The van der Waals surface area contributed by atoms with Crippen molar-refractivity contribution in [2.75, 3.05) is 18.7 Å². The van der Waals surface area contributed by atoms with Crippen LogP contribution in [0, 0.1) is 13.8 Å². The molecule has 0 unspecified atom stereocenters. The number of nitrogens with zero attached hydrogens (tertiary/aromatic N) is 1. The zero-order valence-electron chi connectivity index (χ0n) is 21.2. The molecular formula is C26H34N4O5S. The van der Waals surface area contributed by atoms with Gasteiger partial charge < -0.3 is 20.7 Å². The average Bonchev–Trinajstić information content (AvgIpc) is 2.83. The number of benzene rings is 2. The first-order valence-corrected chi connectivity index (χ1v) is 13.9. The number of anilines is 1. The fourth-order valence-corrected chi connectivity index (χ4v) is 5.85. The number of urea groups is 1. The van der Waals surface area contributed by atoms with Gasteiger partial charge in [-0.25, -0.2) is 17.9 Å². The van der Waals surface area contributed by atoms with Gasteiger partial charge in [-0.1, -0.05) is 24.3 Å². The Balaban J connectivity index is 1.55. The number of fused-ring (bicyclic) bond motifs is 1. The van der Waals surface area contributed by atoms with Crippen molar-refractivity contribution < 1.29 is 22.7 Å². The van der Waals surface area contributed by atoms with Gasteiger partial charge in [0.25, 0.3) is 0 Å². The van der Waals surface area contributed by atoms with Gasteiger partial charge in [0.15, 0.2) is 0 Å². The summed E-state index contributed by atoms with van der Waals surface area (Å²) in [6.07, 6.45) is 3.45. The number of aryl methyl sites for hydroxylation is 2. The van der Waals surface area contributed by atoms with E-state index in [0.717, 1.165) is 39.8 Å². The van der Waals surface area contributed by atoms with Gasteiger partial charge in [0.1, 0.15) is 5.75 Å². The molecule has 1 heterocycles. The molecule has 2 aromatic rings. The molecular weight excluding hydrogens is 480 g/mol. The first-order valence-electron chi connectivity index (χ1n) is 12.0. The van der Waals surface area contributed by atoms with E-state index in [4.69, 9.17) is 10.5 Å². The Bertz CT molecular complexity index is 1300. The molecule has 10 heteroatoms. The summed E-state index contributed by atoms with van der Waals surface area (Å²) in [6, 6.07) is 9.30. The minimum Gasteiger partial charge on any atom is -0.496 e. The number of ether oxygens (including phenoxy) is 1. The van der Waals surface area contributed by atoms with Gasteiger partial charge in [0, 0.05) is 12.6 Å². The van der Waals surface area contributed by atoms with Gasteiger partial charge in [-0.2, -0.15) is 0 Å². The van der Waals surface area contributed by atoms with E-state index < -0.39 is 15.4 Å². The summed E-state index contributed by atoms with van der Waals surface area (Å²) in [5.41, 5.74) is 10.4. The van der Waals surface area contributed by atoms with Crippen LogP contribution in [0.1, 0.15) is 53.5 Å². The molecule has 1 fully saturated rings. The summed E-state index contributed by atoms with van der Waals surface area (Å²) in [4.78, 5) is 27.7. The van der Waals surface area contributed by atoms with Crippen LogP contribution in [-0.4, -0.2) is 44.7 Å². The van der Waals surface area contributed by atoms with Crippen molar-refractivity contribution in [1.29, 1.82) is 0 Å². The third-order valence-electron chi connectivity index (χ3n) is 7.66. The van der Waals surface area contributed by atoms with E-state index in [9.17, 15) is 18.0 Å². The number of carbonyl (C=O) groups excluding carboxylic acids is 2. The highest BCUT2D eigenvalue weighted by atomic mass is 32.2. The highest BCUT2D eigenvalue weighted by molar-refractivity contribution is 7.88. The van der Waals surface area contributed by atoms with Gasteiger partial charge >= 0.3 is 6.03 Å². The summed E-state index contributed by atoms with van der Waals surface area (Å²) in [7, 11) is -1.76. The molecule has 0 bridgehead atoms. The number of rotatable bonds is 7. The van der Waals surface area contributed by atoms with Crippen LogP contribution in [-0.2, 0) is 33.3 Å². The first kappa shape index (κ1) is 26.0. The van der Waals surface area contributed by atoms with Crippen LogP contribution >= 0.6 is 0 Å². The van der Waals surface area contributed by atoms with Crippen molar-refractivity contribution in [2.24, 2.45) is 5.73 Å². The molecule has 0 radical (unpaired) electrons. The number of nitrogens with two attached hydrogens (primary N) is 1. The van der Waals surface area contributed by atoms with E-state index >= 15 is 0 Å². The van der Waals surface area contributed by atoms with Gasteiger partial charge in [-0.15, -0.1) is 0 Å². The Kier molecular flexibility index (Phi) is 7.03. The molecule has 4 rings (SSSR count). The van der Waals surface area contributed by atoms with Crippen LogP contribution < -0.4 is 20.5 Å². The number of primary amides is 1. The molecule has 194 valence electrons. The van der Waals surface area contributed by atoms with Crippen LogP contribution in [0.5, 0.6) is 5.75 Å². The molecule has 9 nitrogen and oxygen atoms in total. The van der Waals surface area contributed by atoms with Crippen LogP contribution in [0.3, 0.4) is 0 Å². The summed E-state index contributed by atoms with van der Waals surface area (Å²) in [5, 5.41) is 2.99. The maximum Gasteiger partial charge on any atom is 0.322 e. The lowest BCUT2D eigenvalue weighted by Crippen LogP contribution is -2.51. The number of hydrogen-bond donors (Lipinski definition) is 3. The molecule has 1 aliphatic carbocycles. The fraction of sp³-hybridized carbons (Fsp3) is 0.462. The maximum atomic E-state index is 13.2. The lowest BCUT2D eigenvalue weighted by Gasteiger charge is -2.44. The predicted octanol–water partition coefficient (Wildman–Crippen LogP) is 3.07. The minimum absolute atomic E-state index is 0.0461. The van der Waals surface area contributed by atoms with Crippen molar-refractivity contribution >= 4 is 27.6 Å². The number of hydrogen-bond acceptors (Lipinski definition) is 5. The van der Waals surface area contributed by atoms with Crippen molar-refractivity contribution in [2.45, 2.75) is 64.1 Å². The molecule has 1 saturated carbocycles. The second-order valence-electron chi connectivity index (χ2n) is 9.91. The van der Waals surface area contributed by atoms with Gasteiger partial charge in [0.05, 0.1) is 31.0 Å². The molecule has 1 aliphatic heterocycles. The van der Waals surface area contributed by atoms with Crippen LogP contribution in [0.15, 0.2) is 30.3 Å². The van der Waals surface area contributed by atoms with Crippen molar-refractivity contribution in [3.05, 3.63) is 58.1 Å². The second kappa shape index (κ2) is 9.74. The number of nitrogens with one attached hydrogen (secondary N) is 2. The monoisotopic (exact) mass is 514 g/mol. The lowest BCUT2D eigenvalue weighted by atomic mass is 9.67. The number of amides is 3. The molecule has 0 spiro atoms. The SMILES string of the molecule is COc1cc(C2(C(N)=O)CCC(N3Cc4c(C)ccc(CNS(C)(=O)=O)c4NC3=O)CC2)ccc1C. The van der Waals surface area contributed by atoms with Crippen molar-refractivity contribution in [1.82, 2.24) is 9.62 Å². The summed E-state index contributed by atoms with van der Waals surface area (Å²) < 4.78 is 31.1. The predicted molar refractivity (Wildman–Crippen MR) is 138 cm³/mol. The first-order chi connectivity index (χ1) is 16.9. The van der Waals surface area contributed by atoms with E-state index in [1.807, 2.05) is 49.1 Å². The molecule has 3 amide bonds. The summed E-state index contributed by atoms with van der Waals surface area (Å²) >= 11 is 0. The third kappa shape index (κ3) is 4.92. The topological polar surface area (TPSA) is 131 Å². The summed E-state index contributed by atoms with van der Waals surface area (Å²) in [5.74, 6) is 0.359. The molecule has 36 heavy (non-hydrogen) atoms. The Labute approximate surface area is 212 Å². The Morgan fingerprint density at radius 2 is 1.86 bits per heavy atom. The van der Waals surface area contributed by atoms with Crippen molar-refractivity contribution in [3.8, 4) is 5.75 Å². The second-order valence-corrected chi connectivity index (χ2v) is 11.7. The molecule has 2 aromatic carbocycles. The molecule has 0 saturated heterocycles. The third-order valence-corrected chi connectivity index (χ3v) is 8.33. The standard InChI is InChI=1S/C26H34N4O5S/c1-16-5-7-18(14-28-36(4,33)34)23-21(16)15-30(25(32)29-23)20-9-11-26(12-10-20,24(27)31)19-8-6-17(2)22(13-19)35-3/h5-8,13,20,28H,9-12,14-15H2,1-4H3,(H2,27,31)(H,29,32). The Morgan fingerprint density at radius 1 is 1.19 bits per heavy atom. The molecule has 0 atom stereocenters.